The van der Waals surface area contributed by atoms with E-state index in [2.05, 4.69) is 15.3 Å². The molecule has 7 nitrogen and oxygen atoms in total. The summed E-state index contributed by atoms with van der Waals surface area (Å²) in [6, 6.07) is 8.00. The molecule has 1 aromatic heterocycles. The number of amidine groups is 1. The lowest BCUT2D eigenvalue weighted by molar-refractivity contribution is -0.141. The highest BCUT2D eigenvalue weighted by Crippen LogP contribution is 2.32. The molecule has 0 radical (unpaired) electrons. The predicted octanol–water partition coefficient (Wildman–Crippen LogP) is 5.54. The fraction of sp³-hybridized carbons (Fsp3) is 0.423. The number of hydrogen-bond acceptors (Lipinski definition) is 5. The monoisotopic (exact) mass is 501 g/mol. The van der Waals surface area contributed by atoms with Crippen LogP contribution in [0.2, 0.25) is 0 Å². The third kappa shape index (κ3) is 5.70. The maximum absolute atomic E-state index is 13.3. The van der Waals surface area contributed by atoms with E-state index in [0.717, 1.165) is 41.9 Å². The van der Waals surface area contributed by atoms with Crippen LogP contribution in [-0.2, 0) is 23.9 Å². The van der Waals surface area contributed by atoms with E-state index < -0.39 is 11.9 Å². The van der Waals surface area contributed by atoms with Crippen LogP contribution in [0.5, 0.6) is 0 Å². The molecule has 4 rings (SSSR count). The average molecular weight is 502 g/mol. The number of fused-ring (bicyclic) bond motifs is 1. The number of hydrogen-bond donors (Lipinski definition) is 2. The van der Waals surface area contributed by atoms with Gasteiger partial charge in [0.05, 0.1) is 17.9 Å². The number of allylic oxidation sites excluding steroid dienone is 1. The van der Waals surface area contributed by atoms with Crippen molar-refractivity contribution in [3.05, 3.63) is 65.1 Å². The van der Waals surface area contributed by atoms with Gasteiger partial charge in [0.15, 0.2) is 0 Å². The van der Waals surface area contributed by atoms with Gasteiger partial charge in [-0.3, -0.25) is 10.0 Å². The Labute approximate surface area is 208 Å². The molecule has 1 aliphatic carbocycles. The molecule has 0 atom stereocenters. The summed E-state index contributed by atoms with van der Waals surface area (Å²) in [4.78, 5) is 23.1. The Kier molecular flexibility index (Phi) is 7.35. The number of pyridine rings is 1. The van der Waals surface area contributed by atoms with Crippen molar-refractivity contribution < 1.29 is 23.2 Å². The molecular weight excluding hydrogens is 471 g/mol. The Morgan fingerprint density at radius 1 is 1.28 bits per heavy atom. The highest BCUT2D eigenvalue weighted by molar-refractivity contribution is 5.97. The normalized spacial score (nSPS) is 16.7. The van der Waals surface area contributed by atoms with Crippen LogP contribution in [0, 0.1) is 5.92 Å². The van der Waals surface area contributed by atoms with Gasteiger partial charge < -0.3 is 10.2 Å². The van der Waals surface area contributed by atoms with Gasteiger partial charge >= 0.3 is 6.18 Å². The zero-order chi connectivity index (χ0) is 26.0. The zero-order valence-electron chi connectivity index (χ0n) is 20.5. The molecule has 1 amide bonds. The van der Waals surface area contributed by atoms with Crippen LogP contribution in [0.3, 0.4) is 0 Å². The Balaban J connectivity index is 1.49. The number of carbonyl (C=O) groups excluding carboxylic acids is 1. The van der Waals surface area contributed by atoms with E-state index in [1.165, 1.54) is 11.1 Å². The van der Waals surface area contributed by atoms with Gasteiger partial charge in [0.25, 0.3) is 5.91 Å². The molecule has 192 valence electrons. The standard InChI is InChI=1S/C26H30F3N5O2/c1-4-21(32-24(16(2)3)34(36)19-9-10-19)25(35)33-13-12-20-17(15-33)6-5-7-22(20)31-18-8-11-23(30-14-18)26(27,28)29/h4-8,11,14,16,19,31,36H,9-10,12-13,15H2,1-3H3/b21-4-,32-24?. The van der Waals surface area contributed by atoms with Crippen molar-refractivity contribution in [1.29, 1.82) is 0 Å². The van der Waals surface area contributed by atoms with Crippen molar-refractivity contribution in [2.45, 2.75) is 58.8 Å². The van der Waals surface area contributed by atoms with Gasteiger partial charge in [-0.05, 0) is 55.5 Å². The number of hydroxylamine groups is 2. The first-order valence-electron chi connectivity index (χ1n) is 12.0. The quantitative estimate of drug-likeness (QED) is 0.235. The summed E-state index contributed by atoms with van der Waals surface area (Å²) < 4.78 is 38.4. The van der Waals surface area contributed by atoms with Crippen LogP contribution in [0.15, 0.2) is 53.3 Å². The largest absolute Gasteiger partial charge is 0.433 e. The Morgan fingerprint density at radius 2 is 2.03 bits per heavy atom. The Bertz CT molecular complexity index is 1170. The molecule has 1 aromatic carbocycles. The van der Waals surface area contributed by atoms with E-state index in [1.54, 1.807) is 17.9 Å². The van der Waals surface area contributed by atoms with Crippen LogP contribution in [-0.4, -0.2) is 44.5 Å². The molecule has 1 fully saturated rings. The summed E-state index contributed by atoms with van der Waals surface area (Å²) in [5.41, 5.74) is 2.52. The summed E-state index contributed by atoms with van der Waals surface area (Å²) in [5.74, 6) is 0.220. The van der Waals surface area contributed by atoms with Gasteiger partial charge in [-0.15, -0.1) is 0 Å². The highest BCUT2D eigenvalue weighted by Gasteiger charge is 2.33. The minimum atomic E-state index is -4.49. The van der Waals surface area contributed by atoms with Crippen molar-refractivity contribution in [3.8, 4) is 0 Å². The molecular formula is C26H30F3N5O2. The molecule has 2 N–H and O–H groups in total. The number of amides is 1. The minimum Gasteiger partial charge on any atom is -0.354 e. The van der Waals surface area contributed by atoms with Crippen molar-refractivity contribution in [2.24, 2.45) is 10.9 Å². The first-order chi connectivity index (χ1) is 17.1. The lowest BCUT2D eigenvalue weighted by Crippen LogP contribution is -2.38. The first kappa shape index (κ1) is 25.7. The topological polar surface area (TPSA) is 81.1 Å². The molecule has 2 aromatic rings. The predicted molar refractivity (Wildman–Crippen MR) is 131 cm³/mol. The molecule has 0 spiro atoms. The van der Waals surface area contributed by atoms with Gasteiger partial charge in [-0.2, -0.15) is 13.2 Å². The first-order valence-corrected chi connectivity index (χ1v) is 12.0. The van der Waals surface area contributed by atoms with Gasteiger partial charge in [0, 0.05) is 24.7 Å². The maximum atomic E-state index is 13.3. The van der Waals surface area contributed by atoms with Gasteiger partial charge in [0.1, 0.15) is 17.2 Å². The third-order valence-electron chi connectivity index (χ3n) is 6.26. The number of halogens is 3. The number of alkyl halides is 3. The van der Waals surface area contributed by atoms with Crippen molar-refractivity contribution in [1.82, 2.24) is 14.9 Å². The number of anilines is 2. The summed E-state index contributed by atoms with van der Waals surface area (Å²) in [6.07, 6.45) is 0.725. The summed E-state index contributed by atoms with van der Waals surface area (Å²) >= 11 is 0. The summed E-state index contributed by atoms with van der Waals surface area (Å²) in [5, 5.41) is 14.8. The SMILES string of the molecule is C/C=C(\N=C(C(C)C)N(O)C1CC1)C(=O)N1CCc2c(cccc2Nc2ccc(C(F)(F)F)nc2)C1. The zero-order valence-corrected chi connectivity index (χ0v) is 20.5. The molecule has 0 bridgehead atoms. The lowest BCUT2D eigenvalue weighted by atomic mass is 9.97. The van der Waals surface area contributed by atoms with Crippen LogP contribution in [0.1, 0.15) is 50.4 Å². The number of nitrogens with one attached hydrogen (secondary N) is 1. The fourth-order valence-corrected chi connectivity index (χ4v) is 4.16. The molecule has 10 heteroatoms. The number of aromatic nitrogens is 1. The van der Waals surface area contributed by atoms with Crippen LogP contribution >= 0.6 is 0 Å². The van der Waals surface area contributed by atoms with E-state index in [4.69, 9.17) is 0 Å². The number of benzene rings is 1. The van der Waals surface area contributed by atoms with E-state index in [-0.39, 0.29) is 23.6 Å². The average Bonchev–Trinajstić information content (AvgIpc) is 3.69. The molecule has 0 saturated heterocycles. The molecule has 1 aliphatic heterocycles. The summed E-state index contributed by atoms with van der Waals surface area (Å²) in [6.45, 7) is 6.46. The van der Waals surface area contributed by atoms with Crippen molar-refractivity contribution in [2.75, 3.05) is 11.9 Å². The van der Waals surface area contributed by atoms with Gasteiger partial charge in [0.2, 0.25) is 0 Å². The smallest absolute Gasteiger partial charge is 0.354 e. The minimum absolute atomic E-state index is 0.0475. The summed E-state index contributed by atoms with van der Waals surface area (Å²) in [7, 11) is 0. The molecule has 2 heterocycles. The second kappa shape index (κ2) is 10.3. The number of rotatable bonds is 6. The van der Waals surface area contributed by atoms with Gasteiger partial charge in [-0.1, -0.05) is 32.1 Å². The van der Waals surface area contributed by atoms with E-state index >= 15 is 0 Å². The van der Waals surface area contributed by atoms with Gasteiger partial charge in [-0.25, -0.2) is 15.0 Å². The second-order valence-corrected chi connectivity index (χ2v) is 9.35. The lowest BCUT2D eigenvalue weighted by Gasteiger charge is -2.31. The van der Waals surface area contributed by atoms with Crippen LogP contribution in [0.4, 0.5) is 24.5 Å². The Hall–Kier alpha value is -3.40. The van der Waals surface area contributed by atoms with Crippen molar-refractivity contribution in [3.63, 3.8) is 0 Å². The van der Waals surface area contributed by atoms with E-state index in [9.17, 15) is 23.2 Å². The van der Waals surface area contributed by atoms with Crippen LogP contribution in [0.25, 0.3) is 0 Å². The molecule has 1 saturated carbocycles. The maximum Gasteiger partial charge on any atom is 0.433 e. The molecule has 0 unspecified atom stereocenters. The highest BCUT2D eigenvalue weighted by atomic mass is 19.4. The second-order valence-electron chi connectivity index (χ2n) is 9.35. The van der Waals surface area contributed by atoms with E-state index in [0.29, 0.717) is 31.0 Å². The molecule has 2 aliphatic rings. The van der Waals surface area contributed by atoms with Crippen LogP contribution < -0.4 is 5.32 Å². The van der Waals surface area contributed by atoms with E-state index in [1.807, 2.05) is 32.0 Å². The number of carbonyl (C=O) groups is 1. The Morgan fingerprint density at radius 3 is 2.61 bits per heavy atom. The molecule has 36 heavy (non-hydrogen) atoms. The fourth-order valence-electron chi connectivity index (χ4n) is 4.16. The number of nitrogens with zero attached hydrogens (tertiary/aromatic N) is 4. The van der Waals surface area contributed by atoms with Crippen molar-refractivity contribution >= 4 is 23.1 Å². The number of aliphatic imine (C=N–C) groups is 1. The third-order valence-corrected chi connectivity index (χ3v) is 6.26.